The van der Waals surface area contributed by atoms with Crippen molar-refractivity contribution in [3.8, 4) is 0 Å². The second-order valence-electron chi connectivity index (χ2n) is 5.92. The number of halogens is 1. The third-order valence-corrected chi connectivity index (χ3v) is 4.21. The fourth-order valence-corrected chi connectivity index (χ4v) is 2.69. The van der Waals surface area contributed by atoms with E-state index in [1.54, 1.807) is 6.07 Å². The summed E-state index contributed by atoms with van der Waals surface area (Å²) in [6, 6.07) is 5.04. The molecule has 7 heteroatoms. The summed E-state index contributed by atoms with van der Waals surface area (Å²) in [5.74, 6) is 0.674. The number of rotatable bonds is 3. The lowest BCUT2D eigenvalue weighted by Crippen LogP contribution is -2.45. The zero-order valence-electron chi connectivity index (χ0n) is 13.4. The summed E-state index contributed by atoms with van der Waals surface area (Å²) >= 11 is 0. The molecule has 3 heterocycles. The Balaban J connectivity index is 1.86. The van der Waals surface area contributed by atoms with Crippen molar-refractivity contribution in [2.75, 3.05) is 43.9 Å². The first kappa shape index (κ1) is 15.6. The molecule has 0 aliphatic carbocycles. The zero-order chi connectivity index (χ0) is 16.4. The normalized spacial score (nSPS) is 17.3. The lowest BCUT2D eigenvalue weighted by molar-refractivity contribution is 0.312. The maximum atomic E-state index is 13.0. The van der Waals surface area contributed by atoms with E-state index in [9.17, 15) is 4.39 Å². The number of aromatic nitrogens is 3. The molecule has 1 fully saturated rings. The van der Waals surface area contributed by atoms with Crippen LogP contribution in [-0.4, -0.2) is 53.1 Å². The van der Waals surface area contributed by atoms with Crippen LogP contribution in [0.2, 0.25) is 0 Å². The molecular weight excluding hydrogens is 295 g/mol. The highest BCUT2D eigenvalue weighted by Crippen LogP contribution is 2.25. The van der Waals surface area contributed by atoms with Crippen molar-refractivity contribution in [2.45, 2.75) is 12.8 Å². The highest BCUT2D eigenvalue weighted by molar-refractivity contribution is 5.45. The van der Waals surface area contributed by atoms with Gasteiger partial charge < -0.3 is 15.5 Å². The van der Waals surface area contributed by atoms with Gasteiger partial charge >= 0.3 is 0 Å². The number of hydrogen-bond acceptors (Lipinski definition) is 6. The number of nitrogens with zero attached hydrogens (tertiary/aromatic N) is 5. The Morgan fingerprint density at radius 1 is 1.13 bits per heavy atom. The summed E-state index contributed by atoms with van der Waals surface area (Å²) in [6.45, 7) is 5.80. The smallest absolute Gasteiger partial charge is 0.222 e. The number of anilines is 2. The molecule has 0 saturated carbocycles. The molecule has 1 saturated heterocycles. The summed E-state index contributed by atoms with van der Waals surface area (Å²) in [5, 5.41) is 0. The van der Waals surface area contributed by atoms with Gasteiger partial charge in [-0.1, -0.05) is 6.92 Å². The molecule has 0 amide bonds. The van der Waals surface area contributed by atoms with Crippen molar-refractivity contribution in [2.24, 2.45) is 0 Å². The highest BCUT2D eigenvalue weighted by atomic mass is 19.1. The molecule has 0 aromatic carbocycles. The van der Waals surface area contributed by atoms with E-state index in [-0.39, 0.29) is 17.7 Å². The van der Waals surface area contributed by atoms with Crippen LogP contribution in [0.15, 0.2) is 24.4 Å². The van der Waals surface area contributed by atoms with Gasteiger partial charge in [-0.2, -0.15) is 4.98 Å². The summed E-state index contributed by atoms with van der Waals surface area (Å²) in [5.41, 5.74) is 7.45. The van der Waals surface area contributed by atoms with E-state index in [4.69, 9.17) is 5.73 Å². The quantitative estimate of drug-likeness (QED) is 0.925. The van der Waals surface area contributed by atoms with Gasteiger partial charge in [-0.3, -0.25) is 4.98 Å². The molecule has 2 aromatic rings. The van der Waals surface area contributed by atoms with E-state index in [2.05, 4.69) is 31.8 Å². The van der Waals surface area contributed by atoms with E-state index in [1.807, 2.05) is 13.0 Å². The number of piperazine rings is 1. The Hall–Kier alpha value is -2.28. The third-order valence-electron chi connectivity index (χ3n) is 4.21. The predicted octanol–water partition coefficient (Wildman–Crippen LogP) is 1.50. The second kappa shape index (κ2) is 6.45. The number of pyridine rings is 1. The Kier molecular flexibility index (Phi) is 4.38. The van der Waals surface area contributed by atoms with Crippen LogP contribution in [0.1, 0.15) is 24.2 Å². The van der Waals surface area contributed by atoms with Gasteiger partial charge in [0.2, 0.25) is 5.95 Å². The van der Waals surface area contributed by atoms with Crippen molar-refractivity contribution in [3.63, 3.8) is 0 Å². The van der Waals surface area contributed by atoms with E-state index < -0.39 is 0 Å². The summed E-state index contributed by atoms with van der Waals surface area (Å²) in [6.07, 6.45) is 1.22. The lowest BCUT2D eigenvalue weighted by Gasteiger charge is -2.33. The van der Waals surface area contributed by atoms with Gasteiger partial charge in [0.1, 0.15) is 11.6 Å². The van der Waals surface area contributed by atoms with Crippen LogP contribution in [0.4, 0.5) is 16.2 Å². The number of nitrogen functional groups attached to an aromatic ring is 1. The first-order valence-electron chi connectivity index (χ1n) is 7.72. The average molecular weight is 316 g/mol. The average Bonchev–Trinajstić information content (AvgIpc) is 2.55. The van der Waals surface area contributed by atoms with E-state index in [0.717, 1.165) is 43.4 Å². The molecule has 0 radical (unpaired) electrons. The van der Waals surface area contributed by atoms with Gasteiger partial charge in [0.25, 0.3) is 0 Å². The van der Waals surface area contributed by atoms with Gasteiger partial charge in [-0.25, -0.2) is 9.37 Å². The summed E-state index contributed by atoms with van der Waals surface area (Å²) in [4.78, 5) is 17.3. The number of likely N-dealkylation sites (N-methyl/N-ethyl adjacent to an activating group) is 1. The molecule has 1 unspecified atom stereocenters. The highest BCUT2D eigenvalue weighted by Gasteiger charge is 2.19. The van der Waals surface area contributed by atoms with Gasteiger partial charge in [0.15, 0.2) is 0 Å². The number of nitrogens with two attached hydrogens (primary N) is 1. The Morgan fingerprint density at radius 3 is 2.52 bits per heavy atom. The van der Waals surface area contributed by atoms with E-state index in [0.29, 0.717) is 0 Å². The zero-order valence-corrected chi connectivity index (χ0v) is 13.4. The van der Waals surface area contributed by atoms with E-state index in [1.165, 1.54) is 12.3 Å². The molecule has 1 atom stereocenters. The van der Waals surface area contributed by atoms with Crippen LogP contribution >= 0.6 is 0 Å². The molecule has 122 valence electrons. The largest absolute Gasteiger partial charge is 0.368 e. The molecule has 6 nitrogen and oxygen atoms in total. The van der Waals surface area contributed by atoms with Crippen LogP contribution < -0.4 is 10.6 Å². The molecule has 0 bridgehead atoms. The van der Waals surface area contributed by atoms with Crippen LogP contribution in [0.25, 0.3) is 0 Å². The fraction of sp³-hybridized carbons (Fsp3) is 0.438. The van der Waals surface area contributed by atoms with Crippen LogP contribution in [-0.2, 0) is 0 Å². The third kappa shape index (κ3) is 3.56. The minimum absolute atomic E-state index is 0.0767. The molecule has 0 spiro atoms. The molecule has 2 aromatic heterocycles. The van der Waals surface area contributed by atoms with Gasteiger partial charge in [-0.15, -0.1) is 0 Å². The maximum Gasteiger partial charge on any atom is 0.222 e. The molecule has 1 aliphatic rings. The fourth-order valence-electron chi connectivity index (χ4n) is 2.69. The van der Waals surface area contributed by atoms with Crippen LogP contribution in [0.3, 0.4) is 0 Å². The first-order chi connectivity index (χ1) is 11.0. The van der Waals surface area contributed by atoms with Gasteiger partial charge in [-0.05, 0) is 19.2 Å². The van der Waals surface area contributed by atoms with Gasteiger partial charge in [0.05, 0.1) is 11.9 Å². The Bertz CT molecular complexity index is 667. The predicted molar refractivity (Wildman–Crippen MR) is 87.9 cm³/mol. The minimum atomic E-state index is -0.346. The topological polar surface area (TPSA) is 71.2 Å². The summed E-state index contributed by atoms with van der Waals surface area (Å²) < 4.78 is 13.0. The maximum absolute atomic E-state index is 13.0. The van der Waals surface area contributed by atoms with Crippen molar-refractivity contribution in [1.29, 1.82) is 0 Å². The minimum Gasteiger partial charge on any atom is -0.368 e. The molecule has 2 N–H and O–H groups in total. The number of hydrogen-bond donors (Lipinski definition) is 1. The van der Waals surface area contributed by atoms with Crippen molar-refractivity contribution >= 4 is 11.8 Å². The van der Waals surface area contributed by atoms with E-state index >= 15 is 0 Å². The molecule has 3 rings (SSSR count). The van der Waals surface area contributed by atoms with Crippen molar-refractivity contribution < 1.29 is 4.39 Å². The molecule has 1 aliphatic heterocycles. The molecular formula is C16H21FN6. The first-order valence-corrected chi connectivity index (χ1v) is 7.72. The second-order valence-corrected chi connectivity index (χ2v) is 5.92. The standard InChI is InChI=1S/C16H21FN6/c1-11(13-4-3-12(17)10-19-13)14-9-15(21-16(18)20-14)23-7-5-22(2)6-8-23/h3-4,9-11H,5-8H2,1-2H3,(H2,18,20,21). The monoisotopic (exact) mass is 316 g/mol. The van der Waals surface area contributed by atoms with Crippen LogP contribution in [0.5, 0.6) is 0 Å². The van der Waals surface area contributed by atoms with Crippen molar-refractivity contribution in [3.05, 3.63) is 41.6 Å². The Morgan fingerprint density at radius 2 is 1.87 bits per heavy atom. The van der Waals surface area contributed by atoms with Crippen molar-refractivity contribution in [1.82, 2.24) is 19.9 Å². The van der Waals surface area contributed by atoms with Crippen LogP contribution in [0, 0.1) is 5.82 Å². The van der Waals surface area contributed by atoms with Gasteiger partial charge in [0, 0.05) is 43.9 Å². The SMILES string of the molecule is CC(c1ccc(F)cn1)c1cc(N2CCN(C)CC2)nc(N)n1. The Labute approximate surface area is 135 Å². The lowest BCUT2D eigenvalue weighted by atomic mass is 10.0. The molecule has 23 heavy (non-hydrogen) atoms. The summed E-state index contributed by atoms with van der Waals surface area (Å²) in [7, 11) is 2.11.